The first-order valence-corrected chi connectivity index (χ1v) is 6.78. The summed E-state index contributed by atoms with van der Waals surface area (Å²) in [7, 11) is 0. The highest BCUT2D eigenvalue weighted by Crippen LogP contribution is 2.40. The van der Waals surface area contributed by atoms with Gasteiger partial charge >= 0.3 is 0 Å². The van der Waals surface area contributed by atoms with E-state index in [4.69, 9.17) is 9.47 Å². The molecule has 106 valence electrons. The van der Waals surface area contributed by atoms with Crippen molar-refractivity contribution in [2.24, 2.45) is 10.8 Å². The molecule has 0 aliphatic carbocycles. The molecule has 0 spiro atoms. The highest BCUT2D eigenvalue weighted by molar-refractivity contribution is 5.01. The standard InChI is InChI=1S/C15H28O3/c1-7-8-14(3,4)15(5,6)10-17-13-12(16)9-11(2)18-13/h7-8,11-13,16H,9-10H2,1-6H3/b8-7+. The molecule has 18 heavy (non-hydrogen) atoms. The third-order valence-corrected chi connectivity index (χ3v) is 4.19. The van der Waals surface area contributed by atoms with Crippen molar-refractivity contribution >= 4 is 0 Å². The molecule has 1 aliphatic rings. The van der Waals surface area contributed by atoms with E-state index in [1.807, 2.05) is 13.8 Å². The Balaban J connectivity index is 2.56. The van der Waals surface area contributed by atoms with E-state index in [-0.39, 0.29) is 16.9 Å². The van der Waals surface area contributed by atoms with Gasteiger partial charge in [-0.25, -0.2) is 0 Å². The van der Waals surface area contributed by atoms with Gasteiger partial charge in [-0.05, 0) is 24.7 Å². The van der Waals surface area contributed by atoms with Crippen molar-refractivity contribution in [3.8, 4) is 0 Å². The van der Waals surface area contributed by atoms with Crippen LogP contribution in [-0.2, 0) is 9.47 Å². The van der Waals surface area contributed by atoms with Gasteiger partial charge in [-0.3, -0.25) is 0 Å². The van der Waals surface area contributed by atoms with Crippen LogP contribution in [0, 0.1) is 10.8 Å². The van der Waals surface area contributed by atoms with Crippen molar-refractivity contribution in [2.75, 3.05) is 6.61 Å². The number of aliphatic hydroxyl groups excluding tert-OH is 1. The Bertz CT molecular complexity index is 294. The Kier molecular flexibility index (Phi) is 4.98. The minimum Gasteiger partial charge on any atom is -0.388 e. The molecule has 0 saturated carbocycles. The van der Waals surface area contributed by atoms with Crippen molar-refractivity contribution in [1.82, 2.24) is 0 Å². The zero-order valence-corrected chi connectivity index (χ0v) is 12.6. The van der Waals surface area contributed by atoms with Gasteiger partial charge in [0.2, 0.25) is 0 Å². The normalized spacial score (nSPS) is 30.3. The van der Waals surface area contributed by atoms with E-state index in [1.165, 1.54) is 0 Å². The van der Waals surface area contributed by atoms with E-state index < -0.39 is 12.4 Å². The fraction of sp³-hybridized carbons (Fsp3) is 0.867. The van der Waals surface area contributed by atoms with Crippen molar-refractivity contribution < 1.29 is 14.6 Å². The summed E-state index contributed by atoms with van der Waals surface area (Å²) < 4.78 is 11.3. The lowest BCUT2D eigenvalue weighted by Gasteiger charge is -2.40. The summed E-state index contributed by atoms with van der Waals surface area (Å²) in [6.45, 7) is 13.3. The Morgan fingerprint density at radius 2 is 1.94 bits per heavy atom. The smallest absolute Gasteiger partial charge is 0.183 e. The maximum atomic E-state index is 9.80. The largest absolute Gasteiger partial charge is 0.388 e. The van der Waals surface area contributed by atoms with Crippen LogP contribution in [0.2, 0.25) is 0 Å². The SMILES string of the molecule is C/C=C/C(C)(C)C(C)(C)COC1OC(C)CC1O. The summed E-state index contributed by atoms with van der Waals surface area (Å²) in [5, 5.41) is 9.80. The second kappa shape index (κ2) is 5.72. The third kappa shape index (κ3) is 3.56. The topological polar surface area (TPSA) is 38.7 Å². The first kappa shape index (κ1) is 15.7. The lowest BCUT2D eigenvalue weighted by atomic mass is 9.68. The molecule has 0 aromatic heterocycles. The van der Waals surface area contributed by atoms with Crippen LogP contribution in [0.3, 0.4) is 0 Å². The molecule has 1 aliphatic heterocycles. The van der Waals surface area contributed by atoms with E-state index in [2.05, 4.69) is 39.8 Å². The molecule has 1 heterocycles. The first-order chi connectivity index (χ1) is 8.19. The molecule has 0 radical (unpaired) electrons. The van der Waals surface area contributed by atoms with Gasteiger partial charge in [0.25, 0.3) is 0 Å². The minimum absolute atomic E-state index is 0.0194. The summed E-state index contributed by atoms with van der Waals surface area (Å²) in [5.74, 6) is 0. The predicted molar refractivity (Wildman–Crippen MR) is 73.3 cm³/mol. The quantitative estimate of drug-likeness (QED) is 0.768. The van der Waals surface area contributed by atoms with Crippen molar-refractivity contribution in [3.05, 3.63) is 12.2 Å². The summed E-state index contributed by atoms with van der Waals surface area (Å²) in [6, 6.07) is 0. The highest BCUT2D eigenvalue weighted by atomic mass is 16.7. The predicted octanol–water partition coefficient (Wildman–Crippen LogP) is 3.13. The third-order valence-electron chi connectivity index (χ3n) is 4.19. The monoisotopic (exact) mass is 256 g/mol. The fourth-order valence-corrected chi connectivity index (χ4v) is 2.10. The van der Waals surface area contributed by atoms with Gasteiger partial charge < -0.3 is 14.6 Å². The Morgan fingerprint density at radius 1 is 1.33 bits per heavy atom. The highest BCUT2D eigenvalue weighted by Gasteiger charge is 2.38. The molecule has 3 unspecified atom stereocenters. The van der Waals surface area contributed by atoms with Gasteiger partial charge in [-0.15, -0.1) is 0 Å². The maximum absolute atomic E-state index is 9.80. The molecule has 0 amide bonds. The molecule has 1 rings (SSSR count). The zero-order valence-electron chi connectivity index (χ0n) is 12.6. The maximum Gasteiger partial charge on any atom is 0.183 e. The number of ether oxygens (including phenoxy) is 2. The van der Waals surface area contributed by atoms with Gasteiger partial charge in [0.05, 0.1) is 12.7 Å². The second-order valence-electron chi connectivity index (χ2n) is 6.53. The minimum atomic E-state index is -0.499. The second-order valence-corrected chi connectivity index (χ2v) is 6.53. The summed E-state index contributed by atoms with van der Waals surface area (Å²) in [6.07, 6.45) is 4.04. The first-order valence-electron chi connectivity index (χ1n) is 6.78. The Morgan fingerprint density at radius 3 is 2.39 bits per heavy atom. The molecule has 1 fully saturated rings. The van der Waals surface area contributed by atoms with Gasteiger partial charge in [-0.1, -0.05) is 39.8 Å². The molecule has 0 aromatic carbocycles. The van der Waals surface area contributed by atoms with E-state index in [0.29, 0.717) is 13.0 Å². The summed E-state index contributed by atoms with van der Waals surface area (Å²) >= 11 is 0. The van der Waals surface area contributed by atoms with Gasteiger partial charge in [0.1, 0.15) is 6.10 Å². The average Bonchev–Trinajstić information content (AvgIpc) is 2.54. The van der Waals surface area contributed by atoms with Crippen LogP contribution in [0.4, 0.5) is 0 Å². The summed E-state index contributed by atoms with van der Waals surface area (Å²) in [5.41, 5.74) is 0.0192. The van der Waals surface area contributed by atoms with E-state index in [0.717, 1.165) is 0 Å². The molecule has 0 aromatic rings. The number of hydrogen-bond acceptors (Lipinski definition) is 3. The Hall–Kier alpha value is -0.380. The fourth-order valence-electron chi connectivity index (χ4n) is 2.10. The molecular weight excluding hydrogens is 228 g/mol. The molecule has 1 saturated heterocycles. The van der Waals surface area contributed by atoms with E-state index in [1.54, 1.807) is 0 Å². The molecule has 1 N–H and O–H groups in total. The van der Waals surface area contributed by atoms with Crippen LogP contribution in [0.15, 0.2) is 12.2 Å². The Labute approximate surface area is 111 Å². The zero-order chi connectivity index (χ0) is 14.0. The van der Waals surface area contributed by atoms with Gasteiger partial charge in [0, 0.05) is 6.42 Å². The summed E-state index contributed by atoms with van der Waals surface area (Å²) in [4.78, 5) is 0. The van der Waals surface area contributed by atoms with Crippen LogP contribution < -0.4 is 0 Å². The number of rotatable bonds is 5. The molecular formula is C15H28O3. The van der Waals surface area contributed by atoms with Crippen LogP contribution in [0.1, 0.15) is 48.0 Å². The number of hydrogen-bond donors (Lipinski definition) is 1. The van der Waals surface area contributed by atoms with Crippen molar-refractivity contribution in [3.63, 3.8) is 0 Å². The van der Waals surface area contributed by atoms with Crippen molar-refractivity contribution in [2.45, 2.75) is 66.5 Å². The number of allylic oxidation sites excluding steroid dienone is 2. The van der Waals surface area contributed by atoms with Gasteiger partial charge in [-0.2, -0.15) is 0 Å². The van der Waals surface area contributed by atoms with Gasteiger partial charge in [0.15, 0.2) is 6.29 Å². The van der Waals surface area contributed by atoms with Crippen LogP contribution >= 0.6 is 0 Å². The molecule has 3 nitrogen and oxygen atoms in total. The van der Waals surface area contributed by atoms with Crippen LogP contribution in [-0.4, -0.2) is 30.2 Å². The lowest BCUT2D eigenvalue weighted by molar-refractivity contribution is -0.183. The average molecular weight is 256 g/mol. The van der Waals surface area contributed by atoms with Crippen LogP contribution in [0.5, 0.6) is 0 Å². The molecule has 0 bridgehead atoms. The van der Waals surface area contributed by atoms with E-state index in [9.17, 15) is 5.11 Å². The molecule has 3 atom stereocenters. The van der Waals surface area contributed by atoms with E-state index >= 15 is 0 Å². The van der Waals surface area contributed by atoms with Crippen LogP contribution in [0.25, 0.3) is 0 Å². The number of aliphatic hydroxyl groups is 1. The lowest BCUT2D eigenvalue weighted by Crippen LogP contribution is -2.38. The molecule has 3 heteroatoms. The van der Waals surface area contributed by atoms with Crippen molar-refractivity contribution in [1.29, 1.82) is 0 Å².